The number of rotatable bonds is 7. The lowest BCUT2D eigenvalue weighted by Gasteiger charge is -2.24. The van der Waals surface area contributed by atoms with Crippen molar-refractivity contribution in [3.05, 3.63) is 98.7 Å². The number of ether oxygens (including phenoxy) is 1. The van der Waals surface area contributed by atoms with Crippen molar-refractivity contribution in [2.45, 2.75) is 24.8 Å². The maximum atomic E-state index is 13.6. The molecule has 0 aliphatic carbocycles. The summed E-state index contributed by atoms with van der Waals surface area (Å²) in [7, 11) is 0. The van der Waals surface area contributed by atoms with Crippen LogP contribution in [-0.4, -0.2) is 38.4 Å². The highest BCUT2D eigenvalue weighted by atomic mass is 32.2. The van der Waals surface area contributed by atoms with Crippen molar-refractivity contribution in [2.75, 3.05) is 12.9 Å². The zero-order valence-corrected chi connectivity index (χ0v) is 21.9. The van der Waals surface area contributed by atoms with Crippen molar-refractivity contribution in [1.29, 1.82) is 0 Å². The lowest BCUT2D eigenvalue weighted by molar-refractivity contribution is -0.396. The molecule has 4 rings (SSSR count). The highest BCUT2D eigenvalue weighted by molar-refractivity contribution is 7.98. The fourth-order valence-corrected chi connectivity index (χ4v) is 5.49. The largest absolute Gasteiger partial charge is 0.497 e. The number of fused-ring (bicyclic) bond motifs is 1. The maximum absolute atomic E-state index is 13.6. The lowest BCUT2D eigenvalue weighted by Crippen LogP contribution is -2.39. The zero-order chi connectivity index (χ0) is 27.7. The smallest absolute Gasteiger partial charge is 0.338 e. The van der Waals surface area contributed by atoms with Gasteiger partial charge >= 0.3 is 17.3 Å². The first-order valence-electron chi connectivity index (χ1n) is 11.1. The van der Waals surface area contributed by atoms with Crippen LogP contribution in [0.4, 0.5) is 11.4 Å². The number of aromatic nitrogens is 1. The summed E-state index contributed by atoms with van der Waals surface area (Å²) < 4.78 is 6.67. The number of carbonyl (C=O) groups excluding carboxylic acids is 1. The molecule has 0 fully saturated rings. The molecule has 1 aromatic heterocycles. The Morgan fingerprint density at radius 1 is 1.21 bits per heavy atom. The van der Waals surface area contributed by atoms with Crippen LogP contribution in [0.25, 0.3) is 6.08 Å². The average molecular weight is 557 g/mol. The number of allylic oxidation sites excluding steroid dienone is 1. The Balaban J connectivity index is 1.97. The summed E-state index contributed by atoms with van der Waals surface area (Å²) in [5.74, 6) is -1.70. The molecule has 0 amide bonds. The number of phenols is 1. The van der Waals surface area contributed by atoms with Gasteiger partial charge in [-0.05, 0) is 49.4 Å². The molecule has 0 spiro atoms. The molecule has 0 bridgehead atoms. The number of phenolic OH excluding ortho intramolecular Hbond substituents is 1. The van der Waals surface area contributed by atoms with E-state index in [1.165, 1.54) is 22.4 Å². The lowest BCUT2D eigenvalue weighted by atomic mass is 9.96. The van der Waals surface area contributed by atoms with Crippen molar-refractivity contribution in [1.82, 2.24) is 4.57 Å². The van der Waals surface area contributed by atoms with E-state index in [9.17, 15) is 34.9 Å². The van der Waals surface area contributed by atoms with E-state index in [4.69, 9.17) is 4.74 Å². The van der Waals surface area contributed by atoms with Gasteiger partial charge in [-0.2, -0.15) is 0 Å². The highest BCUT2D eigenvalue weighted by Crippen LogP contribution is 2.37. The van der Waals surface area contributed by atoms with Gasteiger partial charge in [-0.3, -0.25) is 29.6 Å². The Labute approximate surface area is 222 Å². The number of aromatic hydroxyl groups is 1. The molecule has 3 aromatic rings. The fourth-order valence-electron chi connectivity index (χ4n) is 4.03. The van der Waals surface area contributed by atoms with E-state index < -0.39 is 44.5 Å². The maximum Gasteiger partial charge on any atom is 0.338 e. The predicted molar refractivity (Wildman–Crippen MR) is 140 cm³/mol. The second-order valence-electron chi connectivity index (χ2n) is 8.00. The molecule has 1 N–H and O–H groups in total. The third-order valence-corrected chi connectivity index (χ3v) is 7.46. The Hall–Kier alpha value is -4.30. The topological polar surface area (TPSA) is 167 Å². The minimum absolute atomic E-state index is 0.0336. The van der Waals surface area contributed by atoms with E-state index in [0.717, 1.165) is 28.4 Å². The summed E-state index contributed by atoms with van der Waals surface area (Å²) >= 11 is 2.50. The molecule has 2 aromatic carbocycles. The van der Waals surface area contributed by atoms with Crippen LogP contribution in [0.1, 0.15) is 31.0 Å². The normalized spacial score (nSPS) is 15.1. The summed E-state index contributed by atoms with van der Waals surface area (Å²) in [6.07, 6.45) is 3.17. The van der Waals surface area contributed by atoms with Gasteiger partial charge in [0.15, 0.2) is 4.80 Å². The number of nitro groups is 2. The van der Waals surface area contributed by atoms with Crippen molar-refractivity contribution >= 4 is 46.5 Å². The standard InChI is InChI=1S/C24H20N4O8S2/c1-4-36-23(31)19-12(2)25-24-26(20(19)14-5-7-15(37-3)8-6-14)22(30)18(38-24)11-13-9-16(27(32)33)21(29)17(10-13)28(34)35/h5-11,20,29H,4H2,1-3H3/b18-11-/t20-/m1/s1. The molecule has 12 nitrogen and oxygen atoms in total. The van der Waals surface area contributed by atoms with Crippen LogP contribution in [0, 0.1) is 20.2 Å². The molecule has 0 saturated heterocycles. The molecular formula is C24H20N4O8S2. The van der Waals surface area contributed by atoms with Gasteiger partial charge in [-0.15, -0.1) is 11.8 Å². The number of esters is 1. The average Bonchev–Trinajstić information content (AvgIpc) is 3.18. The van der Waals surface area contributed by atoms with Gasteiger partial charge in [0, 0.05) is 17.0 Å². The number of nitro benzene ring substituents is 2. The van der Waals surface area contributed by atoms with Crippen molar-refractivity contribution < 1.29 is 24.5 Å². The summed E-state index contributed by atoms with van der Waals surface area (Å²) in [6, 6.07) is 8.36. The first-order valence-corrected chi connectivity index (χ1v) is 13.1. The number of nitrogens with zero attached hydrogens (tertiary/aromatic N) is 4. The van der Waals surface area contributed by atoms with E-state index in [1.54, 1.807) is 26.0 Å². The Kier molecular flexibility index (Phi) is 7.46. The fraction of sp³-hybridized carbons (Fsp3) is 0.208. The number of thiazole rings is 1. The Morgan fingerprint density at radius 3 is 2.34 bits per heavy atom. The Bertz CT molecular complexity index is 1650. The zero-order valence-electron chi connectivity index (χ0n) is 20.2. The molecule has 0 saturated carbocycles. The van der Waals surface area contributed by atoms with Crippen LogP contribution in [0.5, 0.6) is 5.75 Å². The minimum atomic E-state index is -1.08. The SMILES string of the molecule is CCOC(=O)C1=C(C)N=c2s/c(=C\c3cc([N+](=O)[O-])c(O)c([N+](=O)[O-])c3)c(=O)n2[C@@H]1c1ccc(SC)cc1. The molecular weight excluding hydrogens is 536 g/mol. The van der Waals surface area contributed by atoms with E-state index in [2.05, 4.69) is 4.99 Å². The summed E-state index contributed by atoms with van der Waals surface area (Å²) in [4.78, 5) is 53.1. The summed E-state index contributed by atoms with van der Waals surface area (Å²) in [6.45, 7) is 3.43. The molecule has 14 heteroatoms. The van der Waals surface area contributed by atoms with Gasteiger partial charge in [0.2, 0.25) is 0 Å². The van der Waals surface area contributed by atoms with Gasteiger partial charge in [-0.1, -0.05) is 23.5 Å². The predicted octanol–water partition coefficient (Wildman–Crippen LogP) is 3.04. The van der Waals surface area contributed by atoms with Gasteiger partial charge in [-0.25, -0.2) is 9.79 Å². The van der Waals surface area contributed by atoms with Crippen LogP contribution in [0.15, 0.2) is 62.4 Å². The third kappa shape index (κ3) is 4.82. The van der Waals surface area contributed by atoms with Crippen LogP contribution in [0.2, 0.25) is 0 Å². The van der Waals surface area contributed by atoms with Crippen molar-refractivity contribution in [2.24, 2.45) is 4.99 Å². The quantitative estimate of drug-likeness (QED) is 0.199. The molecule has 196 valence electrons. The van der Waals surface area contributed by atoms with E-state index in [1.807, 2.05) is 18.4 Å². The van der Waals surface area contributed by atoms with Crippen LogP contribution < -0.4 is 14.9 Å². The number of hydrogen-bond acceptors (Lipinski definition) is 11. The first-order chi connectivity index (χ1) is 18.1. The number of carbonyl (C=O) groups is 1. The van der Waals surface area contributed by atoms with Gasteiger partial charge in [0.05, 0.1) is 38.3 Å². The molecule has 1 atom stereocenters. The number of thioether (sulfide) groups is 1. The molecule has 38 heavy (non-hydrogen) atoms. The van der Waals surface area contributed by atoms with Crippen LogP contribution in [-0.2, 0) is 9.53 Å². The van der Waals surface area contributed by atoms with Crippen LogP contribution >= 0.6 is 23.1 Å². The van der Waals surface area contributed by atoms with Crippen LogP contribution in [0.3, 0.4) is 0 Å². The van der Waals surface area contributed by atoms with Crippen molar-refractivity contribution in [3.63, 3.8) is 0 Å². The van der Waals surface area contributed by atoms with E-state index in [0.29, 0.717) is 11.3 Å². The van der Waals surface area contributed by atoms with Gasteiger partial charge in [0.25, 0.3) is 11.3 Å². The van der Waals surface area contributed by atoms with Gasteiger partial charge < -0.3 is 9.84 Å². The Morgan fingerprint density at radius 2 is 1.82 bits per heavy atom. The molecule has 1 aliphatic rings. The molecule has 0 radical (unpaired) electrons. The second-order valence-corrected chi connectivity index (χ2v) is 9.89. The second kappa shape index (κ2) is 10.6. The van der Waals surface area contributed by atoms with Crippen molar-refractivity contribution in [3.8, 4) is 5.75 Å². The number of benzene rings is 2. The number of hydrogen-bond donors (Lipinski definition) is 1. The monoisotopic (exact) mass is 556 g/mol. The van der Waals surface area contributed by atoms with Gasteiger partial charge in [0.1, 0.15) is 0 Å². The molecule has 2 heterocycles. The molecule has 1 aliphatic heterocycles. The first kappa shape index (κ1) is 26.8. The van der Waals surface area contributed by atoms with E-state index in [-0.39, 0.29) is 27.1 Å². The highest BCUT2D eigenvalue weighted by Gasteiger charge is 2.33. The molecule has 0 unspecified atom stereocenters. The van der Waals surface area contributed by atoms with E-state index >= 15 is 0 Å². The minimum Gasteiger partial charge on any atom is -0.497 e. The summed E-state index contributed by atoms with van der Waals surface area (Å²) in [5, 5.41) is 32.6. The summed E-state index contributed by atoms with van der Waals surface area (Å²) in [5.41, 5.74) is -1.13. The third-order valence-electron chi connectivity index (χ3n) is 5.73.